The molecule has 24 heavy (non-hydrogen) atoms. The fraction of sp³-hybridized carbons (Fsp3) is 0.524. The average Bonchev–Trinajstić information content (AvgIpc) is 2.86. The topological polar surface area (TPSA) is 30.0 Å². The highest BCUT2D eigenvalue weighted by Gasteiger charge is 2.35. The van der Waals surface area contributed by atoms with E-state index in [1.807, 2.05) is 12.1 Å². The third kappa shape index (κ3) is 3.87. The van der Waals surface area contributed by atoms with Crippen molar-refractivity contribution in [2.75, 3.05) is 13.1 Å². The van der Waals surface area contributed by atoms with Gasteiger partial charge in [-0.2, -0.15) is 5.26 Å². The summed E-state index contributed by atoms with van der Waals surface area (Å²) >= 11 is 0. The van der Waals surface area contributed by atoms with E-state index in [1.165, 1.54) is 50.0 Å². The van der Waals surface area contributed by atoms with Crippen LogP contribution in [0, 0.1) is 11.3 Å². The highest BCUT2D eigenvalue weighted by molar-refractivity contribution is 5.68. The quantitative estimate of drug-likeness (QED) is 0.785. The fourth-order valence-corrected chi connectivity index (χ4v) is 3.70. The predicted molar refractivity (Wildman–Crippen MR) is 98.0 cm³/mol. The third-order valence-corrected chi connectivity index (χ3v) is 5.29. The summed E-state index contributed by atoms with van der Waals surface area (Å²) in [6, 6.07) is 10.1. The average molecular weight is 322 g/mol. The zero-order valence-electron chi connectivity index (χ0n) is 15.0. The summed E-state index contributed by atoms with van der Waals surface area (Å²) < 4.78 is 2.43. The molecule has 0 atom stereocenters. The Bertz CT molecular complexity index is 666. The first-order valence-corrected chi connectivity index (χ1v) is 9.13. The van der Waals surface area contributed by atoms with Gasteiger partial charge in [0.1, 0.15) is 0 Å². The Morgan fingerprint density at radius 1 is 1.08 bits per heavy atom. The molecule has 0 aliphatic carbocycles. The zero-order chi connectivity index (χ0) is 17.0. The molecule has 0 radical (unpaired) electrons. The minimum Gasteiger partial charge on any atom is -0.374 e. The van der Waals surface area contributed by atoms with Crippen LogP contribution < -0.4 is 0 Å². The molecule has 0 aromatic heterocycles. The van der Waals surface area contributed by atoms with Gasteiger partial charge in [0.2, 0.25) is 0 Å². The van der Waals surface area contributed by atoms with E-state index in [-0.39, 0.29) is 5.54 Å². The lowest BCUT2D eigenvalue weighted by atomic mass is 9.93. The Kier molecular flexibility index (Phi) is 5.04. The van der Waals surface area contributed by atoms with Crippen LogP contribution in [0.15, 0.2) is 36.0 Å². The van der Waals surface area contributed by atoms with Crippen molar-refractivity contribution in [3.05, 3.63) is 47.2 Å². The van der Waals surface area contributed by atoms with E-state index >= 15 is 0 Å². The van der Waals surface area contributed by atoms with E-state index in [1.54, 1.807) is 0 Å². The summed E-state index contributed by atoms with van der Waals surface area (Å²) in [5.41, 5.74) is 3.59. The number of hydrogen-bond acceptors (Lipinski definition) is 2. The van der Waals surface area contributed by atoms with Crippen molar-refractivity contribution in [2.24, 2.45) is 0 Å². The van der Waals surface area contributed by atoms with Gasteiger partial charge in [-0.15, -0.1) is 0 Å². The normalized spacial score (nSPS) is 20.6. The largest absolute Gasteiger partial charge is 0.374 e. The molecule has 0 unspecified atom stereocenters. The van der Waals surface area contributed by atoms with Crippen LogP contribution in [-0.2, 0) is 6.54 Å². The highest BCUT2D eigenvalue weighted by Crippen LogP contribution is 2.28. The fourth-order valence-electron chi connectivity index (χ4n) is 3.70. The van der Waals surface area contributed by atoms with E-state index in [2.05, 4.69) is 53.8 Å². The van der Waals surface area contributed by atoms with Crippen LogP contribution in [0.2, 0.25) is 0 Å². The van der Waals surface area contributed by atoms with Gasteiger partial charge in [-0.05, 0) is 25.0 Å². The van der Waals surface area contributed by atoms with E-state index in [9.17, 15) is 0 Å². The third-order valence-electron chi connectivity index (χ3n) is 5.29. The number of likely N-dealkylation sites (tertiary alicyclic amines) is 1. The van der Waals surface area contributed by atoms with Gasteiger partial charge in [-0.1, -0.05) is 25.0 Å². The van der Waals surface area contributed by atoms with Gasteiger partial charge in [0.15, 0.2) is 18.3 Å². The van der Waals surface area contributed by atoms with Crippen molar-refractivity contribution in [1.82, 2.24) is 4.90 Å². The maximum Gasteiger partial charge on any atom is 0.168 e. The number of hydrogen-bond donors (Lipinski definition) is 0. The van der Waals surface area contributed by atoms with Gasteiger partial charge >= 0.3 is 0 Å². The standard InChI is InChI=1S/C21H28N3/c1-21(2)15-20(23-12-5-3-4-6-13-23)11-14-24(21)17-19-9-7-18(16-22)8-10-19/h7-11,14H,3-6,12-13,15,17H2,1-2H3/q+1. The van der Waals surface area contributed by atoms with E-state index < -0.39 is 0 Å². The summed E-state index contributed by atoms with van der Waals surface area (Å²) in [6.07, 6.45) is 11.1. The van der Waals surface area contributed by atoms with Crippen molar-refractivity contribution >= 4 is 6.21 Å². The number of rotatable bonds is 3. The van der Waals surface area contributed by atoms with E-state index in [4.69, 9.17) is 5.26 Å². The second-order valence-corrected chi connectivity index (χ2v) is 7.63. The minimum atomic E-state index is 0.115. The first kappa shape index (κ1) is 16.8. The second kappa shape index (κ2) is 7.21. The van der Waals surface area contributed by atoms with Crippen molar-refractivity contribution in [3.63, 3.8) is 0 Å². The summed E-state index contributed by atoms with van der Waals surface area (Å²) in [5, 5.41) is 8.93. The molecule has 3 rings (SSSR count). The zero-order valence-corrected chi connectivity index (χ0v) is 15.0. The summed E-state index contributed by atoms with van der Waals surface area (Å²) in [5.74, 6) is 0. The monoisotopic (exact) mass is 322 g/mol. The molecule has 126 valence electrons. The van der Waals surface area contributed by atoms with Crippen LogP contribution in [-0.4, -0.2) is 34.3 Å². The Labute approximate surface area is 145 Å². The van der Waals surface area contributed by atoms with Crippen LogP contribution >= 0.6 is 0 Å². The molecule has 0 saturated carbocycles. The lowest BCUT2D eigenvalue weighted by Gasteiger charge is -2.33. The van der Waals surface area contributed by atoms with E-state index in [0.29, 0.717) is 0 Å². The SMILES string of the molecule is CC1(C)CC(N2CCCCCC2)=CC=[N+]1Cc1ccc(C#N)cc1. The Hall–Kier alpha value is -2.08. The summed E-state index contributed by atoms with van der Waals surface area (Å²) in [4.78, 5) is 2.60. The molecule has 3 heteroatoms. The van der Waals surface area contributed by atoms with Crippen LogP contribution in [0.1, 0.15) is 57.1 Å². The molecule has 1 fully saturated rings. The summed E-state index contributed by atoms with van der Waals surface area (Å²) in [7, 11) is 0. The molecular weight excluding hydrogens is 294 g/mol. The first-order valence-electron chi connectivity index (χ1n) is 9.13. The van der Waals surface area contributed by atoms with Gasteiger partial charge in [-0.3, -0.25) is 0 Å². The van der Waals surface area contributed by atoms with Crippen molar-refractivity contribution in [3.8, 4) is 6.07 Å². The van der Waals surface area contributed by atoms with Crippen LogP contribution in [0.4, 0.5) is 0 Å². The molecule has 3 nitrogen and oxygen atoms in total. The Balaban J connectivity index is 1.76. The number of nitrogens with zero attached hydrogens (tertiary/aromatic N) is 3. The Morgan fingerprint density at radius 2 is 1.75 bits per heavy atom. The maximum absolute atomic E-state index is 8.93. The van der Waals surface area contributed by atoms with Crippen molar-refractivity contribution in [1.29, 1.82) is 5.26 Å². The molecule has 0 spiro atoms. The summed E-state index contributed by atoms with van der Waals surface area (Å²) in [6.45, 7) is 7.98. The van der Waals surface area contributed by atoms with Crippen molar-refractivity contribution in [2.45, 2.75) is 58.0 Å². The number of benzene rings is 1. The van der Waals surface area contributed by atoms with Crippen LogP contribution in [0.25, 0.3) is 0 Å². The lowest BCUT2D eigenvalue weighted by molar-refractivity contribution is -0.612. The van der Waals surface area contributed by atoms with Gasteiger partial charge in [0, 0.05) is 44.3 Å². The molecule has 0 N–H and O–H groups in total. The molecule has 2 aliphatic heterocycles. The predicted octanol–water partition coefficient (Wildman–Crippen LogP) is 4.08. The molecule has 1 aromatic rings. The van der Waals surface area contributed by atoms with Crippen molar-refractivity contribution < 1.29 is 4.58 Å². The molecule has 2 heterocycles. The smallest absolute Gasteiger partial charge is 0.168 e. The molecular formula is C21H28N3+. The van der Waals surface area contributed by atoms with Crippen LogP contribution in [0.5, 0.6) is 0 Å². The number of allylic oxidation sites excluding steroid dienone is 1. The van der Waals surface area contributed by atoms with Gasteiger partial charge < -0.3 is 4.90 Å². The number of nitriles is 1. The minimum absolute atomic E-state index is 0.115. The molecule has 0 bridgehead atoms. The first-order chi connectivity index (χ1) is 11.6. The van der Waals surface area contributed by atoms with Gasteiger partial charge in [0.25, 0.3) is 0 Å². The Morgan fingerprint density at radius 3 is 2.33 bits per heavy atom. The van der Waals surface area contributed by atoms with Crippen LogP contribution in [0.3, 0.4) is 0 Å². The highest BCUT2D eigenvalue weighted by atomic mass is 15.2. The lowest BCUT2D eigenvalue weighted by Crippen LogP contribution is -2.42. The molecule has 2 aliphatic rings. The van der Waals surface area contributed by atoms with Gasteiger partial charge in [0.05, 0.1) is 18.1 Å². The molecule has 0 amide bonds. The molecule has 1 aromatic carbocycles. The van der Waals surface area contributed by atoms with E-state index in [0.717, 1.165) is 18.5 Å². The molecule has 1 saturated heterocycles. The van der Waals surface area contributed by atoms with Gasteiger partial charge in [-0.25, -0.2) is 4.58 Å². The second-order valence-electron chi connectivity index (χ2n) is 7.63. The maximum atomic E-state index is 8.93.